The number of hydrogen-bond acceptors (Lipinski definition) is 3. The van der Waals surface area contributed by atoms with Crippen molar-refractivity contribution in [1.82, 2.24) is 4.90 Å². The van der Waals surface area contributed by atoms with E-state index in [-0.39, 0.29) is 10.2 Å². The fraction of sp³-hybridized carbons (Fsp3) is 0.182. The van der Waals surface area contributed by atoms with Crippen LogP contribution in [0.4, 0.5) is 14.9 Å². The number of aliphatic carboxylic acids is 2. The number of carboxylic acid groups (broad SMARTS) is 2. The van der Waals surface area contributed by atoms with E-state index < -0.39 is 36.9 Å². The molecule has 7 nitrogen and oxygen atoms in total. The highest BCUT2D eigenvalue weighted by atomic mass is 79.9. The van der Waals surface area contributed by atoms with E-state index in [1.807, 2.05) is 0 Å². The van der Waals surface area contributed by atoms with E-state index in [1.165, 1.54) is 12.1 Å². The quantitative estimate of drug-likeness (QED) is 0.748. The molecule has 0 bridgehead atoms. The molecule has 0 unspecified atom stereocenters. The Bertz CT molecular complexity index is 515. The van der Waals surface area contributed by atoms with Gasteiger partial charge in [0.2, 0.25) is 0 Å². The summed E-state index contributed by atoms with van der Waals surface area (Å²) in [6.07, 6.45) is 0. The third-order valence-corrected chi connectivity index (χ3v) is 2.79. The molecule has 0 heterocycles. The van der Waals surface area contributed by atoms with Gasteiger partial charge in [-0.1, -0.05) is 6.07 Å². The van der Waals surface area contributed by atoms with Crippen LogP contribution >= 0.6 is 15.9 Å². The first-order valence-electron chi connectivity index (χ1n) is 5.24. The van der Waals surface area contributed by atoms with Crippen molar-refractivity contribution in [3.8, 4) is 0 Å². The van der Waals surface area contributed by atoms with Crippen molar-refractivity contribution in [3.63, 3.8) is 0 Å². The zero-order chi connectivity index (χ0) is 15.3. The number of nitrogens with zero attached hydrogens (tertiary/aromatic N) is 1. The van der Waals surface area contributed by atoms with Crippen LogP contribution in [-0.4, -0.2) is 46.2 Å². The first-order chi connectivity index (χ1) is 9.31. The van der Waals surface area contributed by atoms with Gasteiger partial charge in [0.1, 0.15) is 18.9 Å². The first-order valence-corrected chi connectivity index (χ1v) is 6.04. The lowest BCUT2D eigenvalue weighted by Crippen LogP contribution is -2.42. The Morgan fingerprint density at radius 1 is 1.20 bits per heavy atom. The molecule has 0 radical (unpaired) electrons. The minimum atomic E-state index is -1.38. The number of urea groups is 1. The van der Waals surface area contributed by atoms with Crippen LogP contribution in [0, 0.1) is 5.82 Å². The van der Waals surface area contributed by atoms with Crippen molar-refractivity contribution in [2.75, 3.05) is 18.4 Å². The van der Waals surface area contributed by atoms with Gasteiger partial charge >= 0.3 is 18.0 Å². The molecule has 108 valence electrons. The van der Waals surface area contributed by atoms with Crippen LogP contribution in [0.25, 0.3) is 0 Å². The van der Waals surface area contributed by atoms with Crippen molar-refractivity contribution in [2.24, 2.45) is 0 Å². The summed E-state index contributed by atoms with van der Waals surface area (Å²) >= 11 is 3.02. The van der Waals surface area contributed by atoms with Gasteiger partial charge in [0.25, 0.3) is 0 Å². The van der Waals surface area contributed by atoms with E-state index in [4.69, 9.17) is 10.2 Å². The lowest BCUT2D eigenvalue weighted by molar-refractivity contribution is -0.140. The van der Waals surface area contributed by atoms with Gasteiger partial charge in [0, 0.05) is 4.47 Å². The number of anilines is 1. The van der Waals surface area contributed by atoms with Gasteiger partial charge in [-0.05, 0) is 28.1 Å². The van der Waals surface area contributed by atoms with Gasteiger partial charge in [0.05, 0.1) is 5.69 Å². The molecule has 0 atom stereocenters. The molecule has 0 saturated carbocycles. The predicted octanol–water partition coefficient (Wildman–Crippen LogP) is 1.59. The number of rotatable bonds is 5. The van der Waals surface area contributed by atoms with E-state index >= 15 is 0 Å². The van der Waals surface area contributed by atoms with Crippen LogP contribution in [0.5, 0.6) is 0 Å². The van der Waals surface area contributed by atoms with Crippen LogP contribution in [0.3, 0.4) is 0 Å². The van der Waals surface area contributed by atoms with E-state index in [2.05, 4.69) is 21.2 Å². The highest BCUT2D eigenvalue weighted by molar-refractivity contribution is 9.10. The SMILES string of the molecule is O=C(O)CN(CC(=O)O)C(=O)Nc1c(F)cccc1Br. The summed E-state index contributed by atoms with van der Waals surface area (Å²) in [6.45, 7) is -1.63. The van der Waals surface area contributed by atoms with Crippen LogP contribution in [0.1, 0.15) is 0 Å². The largest absolute Gasteiger partial charge is 0.480 e. The van der Waals surface area contributed by atoms with Crippen molar-refractivity contribution in [1.29, 1.82) is 0 Å². The number of benzene rings is 1. The molecule has 1 aromatic carbocycles. The second-order valence-corrected chi connectivity index (χ2v) is 4.52. The Balaban J connectivity index is 2.90. The van der Waals surface area contributed by atoms with Crippen LogP contribution in [0.2, 0.25) is 0 Å². The highest BCUT2D eigenvalue weighted by Gasteiger charge is 2.21. The number of carbonyl (C=O) groups excluding carboxylic acids is 1. The smallest absolute Gasteiger partial charge is 0.323 e. The van der Waals surface area contributed by atoms with Gasteiger partial charge < -0.3 is 20.4 Å². The molecule has 1 aromatic rings. The molecule has 0 aromatic heterocycles. The molecule has 0 aliphatic carbocycles. The summed E-state index contributed by atoms with van der Waals surface area (Å²) in [4.78, 5) is 33.5. The standard InChI is InChI=1S/C11H10BrFN2O5/c12-6-2-1-3-7(13)10(6)14-11(20)15(4-8(16)17)5-9(18)19/h1-3H,4-5H2,(H,14,20)(H,16,17)(H,18,19). The van der Waals surface area contributed by atoms with Gasteiger partial charge in [-0.2, -0.15) is 0 Å². The summed E-state index contributed by atoms with van der Waals surface area (Å²) in [7, 11) is 0. The van der Waals surface area contributed by atoms with E-state index in [9.17, 15) is 18.8 Å². The average molecular weight is 349 g/mol. The average Bonchev–Trinajstić information content (AvgIpc) is 2.31. The number of amides is 2. The molecule has 2 amide bonds. The molecule has 20 heavy (non-hydrogen) atoms. The summed E-state index contributed by atoms with van der Waals surface area (Å²) in [5, 5.41) is 19.4. The predicted molar refractivity (Wildman–Crippen MR) is 70.0 cm³/mol. The molecule has 3 N–H and O–H groups in total. The zero-order valence-electron chi connectivity index (χ0n) is 9.97. The van der Waals surface area contributed by atoms with Gasteiger partial charge in [-0.25, -0.2) is 9.18 Å². The Labute approximate surface area is 121 Å². The molecule has 0 aliphatic heterocycles. The molecular formula is C11H10BrFN2O5. The normalized spacial score (nSPS) is 9.90. The molecule has 0 spiro atoms. The molecule has 9 heteroatoms. The van der Waals surface area contributed by atoms with Crippen LogP contribution in [-0.2, 0) is 9.59 Å². The summed E-state index contributed by atoms with van der Waals surface area (Å²) in [6, 6.07) is 2.94. The minimum absolute atomic E-state index is 0.196. The fourth-order valence-electron chi connectivity index (χ4n) is 1.33. The van der Waals surface area contributed by atoms with Crippen molar-refractivity contribution in [2.45, 2.75) is 0 Å². The Morgan fingerprint density at radius 2 is 1.75 bits per heavy atom. The minimum Gasteiger partial charge on any atom is -0.480 e. The van der Waals surface area contributed by atoms with E-state index in [0.29, 0.717) is 4.90 Å². The summed E-state index contributed by atoms with van der Waals surface area (Å²) in [5.74, 6) is -3.50. The van der Waals surface area contributed by atoms with Crippen LogP contribution < -0.4 is 5.32 Å². The number of halogens is 2. The second-order valence-electron chi connectivity index (χ2n) is 3.67. The third kappa shape index (κ3) is 4.50. The first kappa shape index (κ1) is 15.9. The monoisotopic (exact) mass is 348 g/mol. The maximum atomic E-state index is 13.5. The van der Waals surface area contributed by atoms with Gasteiger partial charge in [-0.3, -0.25) is 9.59 Å². The van der Waals surface area contributed by atoms with Gasteiger partial charge in [0.15, 0.2) is 0 Å². The Morgan fingerprint density at radius 3 is 2.20 bits per heavy atom. The maximum absolute atomic E-state index is 13.5. The Hall–Kier alpha value is -2.16. The number of carboxylic acids is 2. The van der Waals surface area contributed by atoms with Gasteiger partial charge in [-0.15, -0.1) is 0 Å². The van der Waals surface area contributed by atoms with E-state index in [0.717, 1.165) is 6.07 Å². The molecule has 0 saturated heterocycles. The number of carbonyl (C=O) groups is 3. The Kier molecular flexibility index (Phi) is 5.44. The summed E-state index contributed by atoms with van der Waals surface area (Å²) in [5.41, 5.74) is -0.196. The highest BCUT2D eigenvalue weighted by Crippen LogP contribution is 2.25. The van der Waals surface area contributed by atoms with Crippen LogP contribution in [0.15, 0.2) is 22.7 Å². The number of para-hydroxylation sites is 1. The molecule has 0 aliphatic rings. The molecule has 1 rings (SSSR count). The zero-order valence-corrected chi connectivity index (χ0v) is 11.6. The number of hydrogen-bond donors (Lipinski definition) is 3. The second kappa shape index (κ2) is 6.85. The molecule has 0 fully saturated rings. The van der Waals surface area contributed by atoms with Crippen molar-refractivity contribution >= 4 is 39.6 Å². The summed E-state index contributed by atoms with van der Waals surface area (Å²) < 4.78 is 13.8. The fourth-order valence-corrected chi connectivity index (χ4v) is 1.77. The molecular weight excluding hydrogens is 339 g/mol. The topological polar surface area (TPSA) is 107 Å². The van der Waals surface area contributed by atoms with Crippen molar-refractivity contribution in [3.05, 3.63) is 28.5 Å². The maximum Gasteiger partial charge on any atom is 0.323 e. The van der Waals surface area contributed by atoms with Crippen molar-refractivity contribution < 1.29 is 29.0 Å². The third-order valence-electron chi connectivity index (χ3n) is 2.13. The number of nitrogens with one attached hydrogen (secondary N) is 1. The lowest BCUT2D eigenvalue weighted by Gasteiger charge is -2.19. The lowest BCUT2D eigenvalue weighted by atomic mass is 10.3. The van der Waals surface area contributed by atoms with E-state index in [1.54, 1.807) is 0 Å².